The van der Waals surface area contributed by atoms with E-state index in [0.717, 1.165) is 19.3 Å². The fraction of sp³-hybridized carbons (Fsp3) is 0.500. The van der Waals surface area contributed by atoms with Gasteiger partial charge in [0, 0.05) is 30.0 Å². The van der Waals surface area contributed by atoms with Crippen LogP contribution in [0.3, 0.4) is 0 Å². The van der Waals surface area contributed by atoms with Crippen LogP contribution in [0.2, 0.25) is 0 Å². The van der Waals surface area contributed by atoms with Crippen molar-refractivity contribution in [2.45, 2.75) is 30.2 Å². The van der Waals surface area contributed by atoms with Crippen molar-refractivity contribution in [3.63, 3.8) is 0 Å². The lowest BCUT2D eigenvalue weighted by molar-refractivity contribution is 0.0646. The van der Waals surface area contributed by atoms with Gasteiger partial charge in [-0.25, -0.2) is 8.42 Å². The molecule has 5 nitrogen and oxygen atoms in total. The molecule has 1 fully saturated rings. The molecule has 94 valence electrons. The molecule has 0 saturated heterocycles. The van der Waals surface area contributed by atoms with E-state index < -0.39 is 9.05 Å². The molecule has 0 aromatic carbocycles. The molecular formula is C10H13ClN2O3S. The molecule has 0 spiro atoms. The lowest BCUT2D eigenvalue weighted by atomic mass is 9.92. The summed E-state index contributed by atoms with van der Waals surface area (Å²) in [5, 5.41) is 0. The van der Waals surface area contributed by atoms with Gasteiger partial charge in [0.1, 0.15) is 10.6 Å². The highest BCUT2D eigenvalue weighted by atomic mass is 35.7. The molecule has 1 heterocycles. The van der Waals surface area contributed by atoms with Crippen molar-refractivity contribution < 1.29 is 13.2 Å². The molecule has 1 aromatic heterocycles. The van der Waals surface area contributed by atoms with Crippen molar-refractivity contribution in [3.05, 3.63) is 18.0 Å². The summed E-state index contributed by atoms with van der Waals surface area (Å²) in [6, 6.07) is 1.53. The van der Waals surface area contributed by atoms with Crippen LogP contribution in [0.15, 0.2) is 17.2 Å². The zero-order valence-electron chi connectivity index (χ0n) is 9.31. The Kier molecular flexibility index (Phi) is 3.18. The predicted molar refractivity (Wildman–Crippen MR) is 63.6 cm³/mol. The van der Waals surface area contributed by atoms with Crippen molar-refractivity contribution in [2.75, 3.05) is 7.05 Å². The van der Waals surface area contributed by atoms with Crippen LogP contribution in [-0.2, 0) is 9.05 Å². The van der Waals surface area contributed by atoms with Crippen molar-refractivity contribution in [1.82, 2.24) is 9.88 Å². The monoisotopic (exact) mass is 276 g/mol. The second-order valence-corrected chi connectivity index (χ2v) is 6.75. The summed E-state index contributed by atoms with van der Waals surface area (Å²) < 4.78 is 22.1. The quantitative estimate of drug-likeness (QED) is 0.852. The Balaban J connectivity index is 2.17. The minimum absolute atomic E-state index is 0.0791. The van der Waals surface area contributed by atoms with Crippen LogP contribution in [0.1, 0.15) is 29.8 Å². The molecule has 1 amide bonds. The average Bonchev–Trinajstić information content (AvgIpc) is 2.61. The van der Waals surface area contributed by atoms with Crippen molar-refractivity contribution in [3.8, 4) is 0 Å². The summed E-state index contributed by atoms with van der Waals surface area (Å²) in [6.45, 7) is 0. The Hall–Kier alpha value is -1.01. The zero-order chi connectivity index (χ0) is 12.6. The third-order valence-electron chi connectivity index (χ3n) is 3.11. The van der Waals surface area contributed by atoms with Crippen LogP contribution in [0.25, 0.3) is 0 Å². The lowest BCUT2D eigenvalue weighted by Gasteiger charge is -2.34. The van der Waals surface area contributed by atoms with E-state index in [9.17, 15) is 13.2 Å². The molecule has 17 heavy (non-hydrogen) atoms. The number of hydrogen-bond donors (Lipinski definition) is 1. The number of carbonyl (C=O) groups excluding carboxylic acids is 1. The van der Waals surface area contributed by atoms with E-state index in [0.29, 0.717) is 0 Å². The number of amides is 1. The first-order chi connectivity index (χ1) is 7.89. The highest BCUT2D eigenvalue weighted by Crippen LogP contribution is 2.25. The second kappa shape index (κ2) is 4.34. The first kappa shape index (κ1) is 12.4. The topological polar surface area (TPSA) is 70.2 Å². The summed E-state index contributed by atoms with van der Waals surface area (Å²) in [7, 11) is 3.13. The molecule has 0 radical (unpaired) electrons. The smallest absolute Gasteiger partial charge is 0.270 e. The van der Waals surface area contributed by atoms with Gasteiger partial charge >= 0.3 is 0 Å². The van der Waals surface area contributed by atoms with Gasteiger partial charge in [-0.2, -0.15) is 0 Å². The van der Waals surface area contributed by atoms with E-state index >= 15 is 0 Å². The van der Waals surface area contributed by atoms with E-state index in [1.165, 1.54) is 12.3 Å². The molecule has 0 bridgehead atoms. The van der Waals surface area contributed by atoms with Crippen LogP contribution < -0.4 is 0 Å². The molecule has 1 saturated carbocycles. The Bertz CT molecular complexity index is 534. The number of nitrogens with one attached hydrogen (secondary N) is 1. The van der Waals surface area contributed by atoms with E-state index in [-0.39, 0.29) is 22.5 Å². The Labute approximate surface area is 104 Å². The first-order valence-electron chi connectivity index (χ1n) is 5.30. The molecular weight excluding hydrogens is 264 g/mol. The van der Waals surface area contributed by atoms with Crippen LogP contribution in [-0.4, -0.2) is 37.3 Å². The van der Waals surface area contributed by atoms with Crippen molar-refractivity contribution >= 4 is 25.6 Å². The molecule has 1 aliphatic rings. The van der Waals surface area contributed by atoms with Crippen LogP contribution in [0, 0.1) is 0 Å². The number of hydrogen-bond acceptors (Lipinski definition) is 3. The number of carbonyl (C=O) groups is 1. The summed E-state index contributed by atoms with van der Waals surface area (Å²) in [6.07, 6.45) is 4.37. The molecule has 1 N–H and O–H groups in total. The van der Waals surface area contributed by atoms with E-state index in [1.807, 2.05) is 0 Å². The lowest BCUT2D eigenvalue weighted by Crippen LogP contribution is -2.41. The summed E-state index contributed by atoms with van der Waals surface area (Å²) in [5.41, 5.74) is 0.249. The highest BCUT2D eigenvalue weighted by Gasteiger charge is 2.27. The van der Waals surface area contributed by atoms with E-state index in [2.05, 4.69) is 4.98 Å². The summed E-state index contributed by atoms with van der Waals surface area (Å²) in [4.78, 5) is 16.2. The maximum absolute atomic E-state index is 12.0. The maximum atomic E-state index is 12.0. The Morgan fingerprint density at radius 2 is 2.18 bits per heavy atom. The molecule has 7 heteroatoms. The van der Waals surface area contributed by atoms with Gasteiger partial charge < -0.3 is 9.88 Å². The SMILES string of the molecule is CN(C(=O)c1cc(S(=O)(=O)Cl)c[nH]1)C1CCC1. The maximum Gasteiger partial charge on any atom is 0.270 e. The molecule has 0 aliphatic heterocycles. The Morgan fingerprint density at radius 3 is 2.59 bits per heavy atom. The van der Waals surface area contributed by atoms with Gasteiger partial charge in [-0.1, -0.05) is 0 Å². The van der Waals surface area contributed by atoms with Gasteiger partial charge in [0.05, 0.1) is 0 Å². The van der Waals surface area contributed by atoms with E-state index in [4.69, 9.17) is 10.7 Å². The first-order valence-corrected chi connectivity index (χ1v) is 7.61. The largest absolute Gasteiger partial charge is 0.356 e. The fourth-order valence-electron chi connectivity index (χ4n) is 1.77. The van der Waals surface area contributed by atoms with Gasteiger partial charge in [-0.3, -0.25) is 4.79 Å². The third kappa shape index (κ3) is 2.47. The minimum atomic E-state index is -3.78. The van der Waals surface area contributed by atoms with Crippen LogP contribution in [0.5, 0.6) is 0 Å². The Morgan fingerprint density at radius 1 is 1.53 bits per heavy atom. The molecule has 1 aliphatic carbocycles. The summed E-state index contributed by atoms with van der Waals surface area (Å²) >= 11 is 0. The standard InChI is InChI=1S/C10H13ClN2O3S/c1-13(7-3-2-4-7)10(14)9-5-8(6-12-9)17(11,15)16/h5-7,12H,2-4H2,1H3. The van der Waals surface area contributed by atoms with Gasteiger partial charge in [-0.15, -0.1) is 0 Å². The summed E-state index contributed by atoms with van der Waals surface area (Å²) in [5.74, 6) is -0.207. The van der Waals surface area contributed by atoms with Crippen LogP contribution in [0.4, 0.5) is 0 Å². The molecule has 0 atom stereocenters. The second-order valence-electron chi connectivity index (χ2n) is 4.19. The minimum Gasteiger partial charge on any atom is -0.356 e. The van der Waals surface area contributed by atoms with Gasteiger partial charge in [0.2, 0.25) is 0 Å². The number of aromatic amines is 1. The number of nitrogens with zero attached hydrogens (tertiary/aromatic N) is 1. The molecule has 2 rings (SSSR count). The van der Waals surface area contributed by atoms with Gasteiger partial charge in [-0.05, 0) is 25.3 Å². The van der Waals surface area contributed by atoms with Crippen molar-refractivity contribution in [1.29, 1.82) is 0 Å². The highest BCUT2D eigenvalue weighted by molar-refractivity contribution is 8.13. The number of H-pyrrole nitrogens is 1. The normalized spacial score (nSPS) is 16.6. The number of aromatic nitrogens is 1. The van der Waals surface area contributed by atoms with Crippen molar-refractivity contribution in [2.24, 2.45) is 0 Å². The van der Waals surface area contributed by atoms with E-state index in [1.54, 1.807) is 11.9 Å². The van der Waals surface area contributed by atoms with Gasteiger partial charge in [0.25, 0.3) is 15.0 Å². The predicted octanol–water partition coefficient (Wildman–Crippen LogP) is 1.57. The molecule has 0 unspecified atom stereocenters. The average molecular weight is 277 g/mol. The number of rotatable bonds is 3. The third-order valence-corrected chi connectivity index (χ3v) is 4.44. The zero-order valence-corrected chi connectivity index (χ0v) is 10.9. The van der Waals surface area contributed by atoms with Gasteiger partial charge in [0.15, 0.2) is 0 Å². The number of halogens is 1. The fourth-order valence-corrected chi connectivity index (χ4v) is 2.49. The van der Waals surface area contributed by atoms with Crippen LogP contribution >= 0.6 is 10.7 Å². The molecule has 1 aromatic rings.